The number of ether oxygens (including phenoxy) is 1. The SMILES string of the molecule is COc1ccsc1C(=O)N[C@@H](C)CC(=O)c1cccs1. The molecule has 2 aromatic rings. The molecule has 1 N–H and O–H groups in total. The molecule has 0 saturated carbocycles. The Balaban J connectivity index is 1.93. The predicted molar refractivity (Wildman–Crippen MR) is 81.1 cm³/mol. The van der Waals surface area contributed by atoms with Crippen LogP contribution in [0, 0.1) is 0 Å². The summed E-state index contributed by atoms with van der Waals surface area (Å²) < 4.78 is 5.11. The molecule has 0 fully saturated rings. The first-order valence-electron chi connectivity index (χ1n) is 6.11. The van der Waals surface area contributed by atoms with Crippen LogP contribution in [0.15, 0.2) is 29.0 Å². The molecular weight excluding hydrogens is 294 g/mol. The Morgan fingerprint density at radius 3 is 2.75 bits per heavy atom. The molecule has 0 spiro atoms. The van der Waals surface area contributed by atoms with Gasteiger partial charge in [-0.2, -0.15) is 0 Å². The van der Waals surface area contributed by atoms with Crippen LogP contribution in [0.25, 0.3) is 0 Å². The summed E-state index contributed by atoms with van der Waals surface area (Å²) in [5, 5.41) is 6.49. The lowest BCUT2D eigenvalue weighted by Crippen LogP contribution is -2.33. The van der Waals surface area contributed by atoms with Crippen molar-refractivity contribution in [1.82, 2.24) is 5.32 Å². The third-order valence-electron chi connectivity index (χ3n) is 2.72. The second-order valence-corrected chi connectivity index (χ2v) is 6.16. The van der Waals surface area contributed by atoms with Crippen molar-refractivity contribution < 1.29 is 14.3 Å². The topological polar surface area (TPSA) is 55.4 Å². The number of Topliss-reactive ketones (excluding diaryl/α,β-unsaturated/α-hetero) is 1. The Bertz CT molecular complexity index is 589. The average molecular weight is 309 g/mol. The fourth-order valence-corrected chi connectivity index (χ4v) is 3.22. The van der Waals surface area contributed by atoms with Crippen LogP contribution in [0.2, 0.25) is 0 Å². The lowest BCUT2D eigenvalue weighted by molar-refractivity contribution is 0.0920. The van der Waals surface area contributed by atoms with Crippen molar-refractivity contribution in [3.63, 3.8) is 0 Å². The second kappa shape index (κ2) is 6.67. The predicted octanol–water partition coefficient (Wildman–Crippen LogP) is 3.21. The quantitative estimate of drug-likeness (QED) is 0.834. The number of hydrogen-bond donors (Lipinski definition) is 1. The molecule has 0 aliphatic heterocycles. The molecule has 0 aliphatic rings. The maximum absolute atomic E-state index is 12.1. The highest BCUT2D eigenvalue weighted by Gasteiger charge is 2.18. The number of carbonyl (C=O) groups excluding carboxylic acids is 2. The summed E-state index contributed by atoms with van der Waals surface area (Å²) in [5.41, 5.74) is 0. The van der Waals surface area contributed by atoms with Gasteiger partial charge in [0, 0.05) is 12.5 Å². The maximum Gasteiger partial charge on any atom is 0.265 e. The fourth-order valence-electron chi connectivity index (χ4n) is 1.78. The van der Waals surface area contributed by atoms with Gasteiger partial charge in [0.25, 0.3) is 5.91 Å². The number of amides is 1. The van der Waals surface area contributed by atoms with Crippen molar-refractivity contribution >= 4 is 34.4 Å². The molecule has 2 heterocycles. The molecule has 106 valence electrons. The summed E-state index contributed by atoms with van der Waals surface area (Å²) >= 11 is 2.74. The van der Waals surface area contributed by atoms with Gasteiger partial charge in [0.15, 0.2) is 5.78 Å². The van der Waals surface area contributed by atoms with E-state index in [-0.39, 0.29) is 17.7 Å². The van der Waals surface area contributed by atoms with Gasteiger partial charge >= 0.3 is 0 Å². The van der Waals surface area contributed by atoms with Crippen LogP contribution in [0.1, 0.15) is 32.7 Å². The third-order valence-corrected chi connectivity index (χ3v) is 4.53. The minimum Gasteiger partial charge on any atom is -0.495 e. The molecule has 0 aromatic carbocycles. The van der Waals surface area contributed by atoms with E-state index in [9.17, 15) is 9.59 Å². The maximum atomic E-state index is 12.1. The molecule has 4 nitrogen and oxygen atoms in total. The lowest BCUT2D eigenvalue weighted by Gasteiger charge is -2.12. The van der Waals surface area contributed by atoms with Crippen LogP contribution in [-0.2, 0) is 0 Å². The molecule has 0 radical (unpaired) electrons. The highest BCUT2D eigenvalue weighted by Crippen LogP contribution is 2.24. The summed E-state index contributed by atoms with van der Waals surface area (Å²) in [5.74, 6) is 0.401. The van der Waals surface area contributed by atoms with Crippen molar-refractivity contribution in [2.75, 3.05) is 7.11 Å². The first-order valence-corrected chi connectivity index (χ1v) is 7.86. The van der Waals surface area contributed by atoms with Crippen molar-refractivity contribution in [2.24, 2.45) is 0 Å². The number of thiophene rings is 2. The summed E-state index contributed by atoms with van der Waals surface area (Å²) in [7, 11) is 1.53. The van der Waals surface area contributed by atoms with Gasteiger partial charge in [0.05, 0.1) is 12.0 Å². The molecule has 0 unspecified atom stereocenters. The van der Waals surface area contributed by atoms with Crippen molar-refractivity contribution in [2.45, 2.75) is 19.4 Å². The zero-order valence-electron chi connectivity index (χ0n) is 11.2. The molecule has 6 heteroatoms. The van der Waals surface area contributed by atoms with Crippen LogP contribution in [-0.4, -0.2) is 24.8 Å². The molecular formula is C14H15NO3S2. The van der Waals surface area contributed by atoms with Gasteiger partial charge in [-0.15, -0.1) is 22.7 Å². The van der Waals surface area contributed by atoms with Gasteiger partial charge in [0.1, 0.15) is 10.6 Å². The van der Waals surface area contributed by atoms with Gasteiger partial charge in [0.2, 0.25) is 0 Å². The standard InChI is InChI=1S/C14H15NO3S2/c1-9(8-10(16)12-4-3-6-19-12)15-14(17)13-11(18-2)5-7-20-13/h3-7,9H,8H2,1-2H3,(H,15,17)/t9-/m0/s1. The van der Waals surface area contributed by atoms with E-state index in [1.807, 2.05) is 18.4 Å². The smallest absolute Gasteiger partial charge is 0.265 e. The molecule has 1 atom stereocenters. The number of methoxy groups -OCH3 is 1. The van der Waals surface area contributed by atoms with Gasteiger partial charge < -0.3 is 10.1 Å². The van der Waals surface area contributed by atoms with E-state index in [0.717, 1.165) is 4.88 Å². The summed E-state index contributed by atoms with van der Waals surface area (Å²) in [6.07, 6.45) is 0.292. The van der Waals surface area contributed by atoms with Gasteiger partial charge in [-0.05, 0) is 29.8 Å². The molecule has 2 aromatic heterocycles. The zero-order chi connectivity index (χ0) is 14.5. The number of hydrogen-bond acceptors (Lipinski definition) is 5. The van der Waals surface area contributed by atoms with Crippen molar-refractivity contribution in [3.05, 3.63) is 38.7 Å². The van der Waals surface area contributed by atoms with E-state index in [1.54, 1.807) is 17.5 Å². The lowest BCUT2D eigenvalue weighted by atomic mass is 10.1. The monoisotopic (exact) mass is 309 g/mol. The Morgan fingerprint density at radius 1 is 1.30 bits per heavy atom. The highest BCUT2D eigenvalue weighted by atomic mass is 32.1. The first-order chi connectivity index (χ1) is 9.61. The van der Waals surface area contributed by atoms with Crippen LogP contribution in [0.4, 0.5) is 0 Å². The van der Waals surface area contributed by atoms with Crippen LogP contribution < -0.4 is 10.1 Å². The summed E-state index contributed by atoms with van der Waals surface area (Å²) in [4.78, 5) is 25.3. The molecule has 0 saturated heterocycles. The molecule has 20 heavy (non-hydrogen) atoms. The number of rotatable bonds is 6. The highest BCUT2D eigenvalue weighted by molar-refractivity contribution is 7.12. The molecule has 2 rings (SSSR count). The third kappa shape index (κ3) is 3.46. The van der Waals surface area contributed by atoms with E-state index in [4.69, 9.17) is 4.74 Å². The second-order valence-electron chi connectivity index (χ2n) is 4.30. The van der Waals surface area contributed by atoms with Gasteiger partial charge in [-0.3, -0.25) is 9.59 Å². The van der Waals surface area contributed by atoms with E-state index in [1.165, 1.54) is 29.8 Å². The normalized spacial score (nSPS) is 11.9. The number of carbonyl (C=O) groups is 2. The van der Waals surface area contributed by atoms with Crippen LogP contribution in [0.5, 0.6) is 5.75 Å². The summed E-state index contributed by atoms with van der Waals surface area (Å²) in [6, 6.07) is 5.17. The number of ketones is 1. The van der Waals surface area contributed by atoms with Gasteiger partial charge in [-0.1, -0.05) is 6.07 Å². The Kier molecular flexibility index (Phi) is 4.92. The minimum absolute atomic E-state index is 0.0472. The molecule has 0 aliphatic carbocycles. The van der Waals surface area contributed by atoms with Crippen molar-refractivity contribution in [3.8, 4) is 5.75 Å². The van der Waals surface area contributed by atoms with Crippen LogP contribution in [0.3, 0.4) is 0 Å². The van der Waals surface area contributed by atoms with E-state index >= 15 is 0 Å². The Labute approximate surface area is 125 Å². The van der Waals surface area contributed by atoms with Gasteiger partial charge in [-0.25, -0.2) is 0 Å². The fraction of sp³-hybridized carbons (Fsp3) is 0.286. The van der Waals surface area contributed by atoms with E-state index < -0.39 is 0 Å². The van der Waals surface area contributed by atoms with E-state index in [0.29, 0.717) is 17.0 Å². The largest absolute Gasteiger partial charge is 0.495 e. The minimum atomic E-state index is -0.219. The van der Waals surface area contributed by atoms with E-state index in [2.05, 4.69) is 5.32 Å². The number of nitrogens with one attached hydrogen (secondary N) is 1. The van der Waals surface area contributed by atoms with Crippen LogP contribution >= 0.6 is 22.7 Å². The Morgan fingerprint density at radius 2 is 2.10 bits per heavy atom. The molecule has 0 bridgehead atoms. The Hall–Kier alpha value is -1.66. The van der Waals surface area contributed by atoms with Crippen molar-refractivity contribution in [1.29, 1.82) is 0 Å². The first kappa shape index (κ1) is 14.7. The average Bonchev–Trinajstić information content (AvgIpc) is 3.09. The molecule has 1 amide bonds. The summed E-state index contributed by atoms with van der Waals surface area (Å²) in [6.45, 7) is 1.82. The zero-order valence-corrected chi connectivity index (χ0v) is 12.8.